The molecule has 1 atom stereocenters. The van der Waals surface area contributed by atoms with E-state index in [4.69, 9.17) is 4.74 Å². The van der Waals surface area contributed by atoms with Gasteiger partial charge in [-0.1, -0.05) is 30.3 Å². The highest BCUT2D eigenvalue weighted by atomic mass is 19.1. The molecule has 0 aromatic heterocycles. The number of anilines is 1. The molecule has 0 aliphatic carbocycles. The molecule has 112 valence electrons. The monoisotopic (exact) mass is 287 g/mol. The van der Waals surface area contributed by atoms with E-state index in [-0.39, 0.29) is 11.9 Å². The average molecular weight is 287 g/mol. The highest BCUT2D eigenvalue weighted by Crippen LogP contribution is 2.24. The van der Waals surface area contributed by atoms with E-state index in [9.17, 15) is 4.39 Å². The predicted molar refractivity (Wildman–Crippen MR) is 84.9 cm³/mol. The predicted octanol–water partition coefficient (Wildman–Crippen LogP) is 4.84. The van der Waals surface area contributed by atoms with Crippen molar-refractivity contribution in [3.05, 3.63) is 65.0 Å². The van der Waals surface area contributed by atoms with E-state index in [0.29, 0.717) is 18.8 Å². The summed E-state index contributed by atoms with van der Waals surface area (Å²) in [7, 11) is 0. The van der Waals surface area contributed by atoms with E-state index in [2.05, 4.69) is 5.32 Å². The van der Waals surface area contributed by atoms with Crippen molar-refractivity contribution in [3.8, 4) is 0 Å². The number of ether oxygens (including phenoxy) is 1. The second kappa shape index (κ2) is 7.23. The molecular formula is C18H22FNO. The van der Waals surface area contributed by atoms with Gasteiger partial charge in [0.05, 0.1) is 6.61 Å². The Bertz CT molecular complexity index is 598. The SMILES string of the molecule is CCOCc1ccccc1NC(C)c1ccc(C)c(F)c1. The lowest BCUT2D eigenvalue weighted by molar-refractivity contribution is 0.134. The van der Waals surface area contributed by atoms with Crippen LogP contribution < -0.4 is 5.32 Å². The van der Waals surface area contributed by atoms with Crippen LogP contribution >= 0.6 is 0 Å². The first-order valence-electron chi connectivity index (χ1n) is 7.30. The van der Waals surface area contributed by atoms with Crippen molar-refractivity contribution in [3.63, 3.8) is 0 Å². The van der Waals surface area contributed by atoms with Crippen LogP contribution in [0.3, 0.4) is 0 Å². The summed E-state index contributed by atoms with van der Waals surface area (Å²) in [4.78, 5) is 0. The second-order valence-electron chi connectivity index (χ2n) is 5.17. The number of rotatable bonds is 6. The van der Waals surface area contributed by atoms with Crippen molar-refractivity contribution in [1.29, 1.82) is 0 Å². The molecule has 1 N–H and O–H groups in total. The number of benzene rings is 2. The molecule has 2 rings (SSSR count). The molecule has 21 heavy (non-hydrogen) atoms. The van der Waals surface area contributed by atoms with Crippen molar-refractivity contribution in [1.82, 2.24) is 0 Å². The summed E-state index contributed by atoms with van der Waals surface area (Å²) in [6, 6.07) is 13.4. The largest absolute Gasteiger partial charge is 0.378 e. The van der Waals surface area contributed by atoms with E-state index < -0.39 is 0 Å². The Morgan fingerprint density at radius 1 is 1.19 bits per heavy atom. The van der Waals surface area contributed by atoms with Crippen molar-refractivity contribution in [2.45, 2.75) is 33.4 Å². The number of nitrogens with one attached hydrogen (secondary N) is 1. The molecule has 0 aliphatic rings. The maximum absolute atomic E-state index is 13.7. The van der Waals surface area contributed by atoms with Crippen LogP contribution in [0.1, 0.15) is 36.6 Å². The van der Waals surface area contributed by atoms with Gasteiger partial charge in [0.2, 0.25) is 0 Å². The molecule has 0 aliphatic heterocycles. The molecule has 0 amide bonds. The number of halogens is 1. The van der Waals surface area contributed by atoms with E-state index in [1.54, 1.807) is 13.0 Å². The minimum atomic E-state index is -0.163. The third-order valence-corrected chi connectivity index (χ3v) is 3.55. The van der Waals surface area contributed by atoms with Crippen LogP contribution in [-0.2, 0) is 11.3 Å². The minimum Gasteiger partial charge on any atom is -0.378 e. The number of para-hydroxylation sites is 1. The van der Waals surface area contributed by atoms with Crippen molar-refractivity contribution >= 4 is 5.69 Å². The highest BCUT2D eigenvalue weighted by Gasteiger charge is 2.10. The summed E-state index contributed by atoms with van der Waals surface area (Å²) in [6.07, 6.45) is 0. The molecular weight excluding hydrogens is 265 g/mol. The lowest BCUT2D eigenvalue weighted by Crippen LogP contribution is -2.09. The van der Waals surface area contributed by atoms with Gasteiger partial charge in [-0.2, -0.15) is 0 Å². The zero-order valence-electron chi connectivity index (χ0n) is 12.8. The molecule has 0 saturated heterocycles. The average Bonchev–Trinajstić information content (AvgIpc) is 2.49. The summed E-state index contributed by atoms with van der Waals surface area (Å²) in [5.74, 6) is -0.163. The van der Waals surface area contributed by atoms with Crippen LogP contribution in [0.2, 0.25) is 0 Å². The van der Waals surface area contributed by atoms with Crippen LogP contribution in [0.5, 0.6) is 0 Å². The van der Waals surface area contributed by atoms with Crippen molar-refractivity contribution in [2.24, 2.45) is 0 Å². The summed E-state index contributed by atoms with van der Waals surface area (Å²) in [5, 5.41) is 3.44. The molecule has 0 radical (unpaired) electrons. The Morgan fingerprint density at radius 3 is 2.67 bits per heavy atom. The van der Waals surface area contributed by atoms with Gasteiger partial charge in [0.25, 0.3) is 0 Å². The Morgan fingerprint density at radius 2 is 1.95 bits per heavy atom. The molecule has 0 fully saturated rings. The fourth-order valence-corrected chi connectivity index (χ4v) is 2.19. The Balaban J connectivity index is 2.15. The van der Waals surface area contributed by atoms with Crippen LogP contribution in [0.4, 0.5) is 10.1 Å². The van der Waals surface area contributed by atoms with Crippen LogP contribution in [0, 0.1) is 12.7 Å². The zero-order valence-corrected chi connectivity index (χ0v) is 12.8. The minimum absolute atomic E-state index is 0.0304. The quantitative estimate of drug-likeness (QED) is 0.820. The van der Waals surface area contributed by atoms with Crippen molar-refractivity contribution < 1.29 is 9.13 Å². The summed E-state index contributed by atoms with van der Waals surface area (Å²) in [6.45, 7) is 7.05. The fraction of sp³-hybridized carbons (Fsp3) is 0.333. The maximum Gasteiger partial charge on any atom is 0.126 e. The molecule has 0 saturated carbocycles. The maximum atomic E-state index is 13.7. The molecule has 1 unspecified atom stereocenters. The molecule has 0 spiro atoms. The normalized spacial score (nSPS) is 12.2. The van der Waals surface area contributed by atoms with E-state index in [1.807, 2.05) is 50.2 Å². The van der Waals surface area contributed by atoms with Gasteiger partial charge in [-0.3, -0.25) is 0 Å². The summed E-state index contributed by atoms with van der Waals surface area (Å²) >= 11 is 0. The molecule has 0 heterocycles. The highest BCUT2D eigenvalue weighted by molar-refractivity contribution is 5.52. The van der Waals surface area contributed by atoms with Crippen LogP contribution in [0.25, 0.3) is 0 Å². The van der Waals surface area contributed by atoms with Gasteiger partial charge in [0.1, 0.15) is 5.82 Å². The third kappa shape index (κ3) is 4.05. The molecule has 0 bridgehead atoms. The molecule has 2 aromatic rings. The number of aryl methyl sites for hydroxylation is 1. The zero-order chi connectivity index (χ0) is 15.2. The first-order chi connectivity index (χ1) is 10.1. The Kier molecular flexibility index (Phi) is 5.34. The van der Waals surface area contributed by atoms with Crippen molar-refractivity contribution in [2.75, 3.05) is 11.9 Å². The van der Waals surface area contributed by atoms with Gasteiger partial charge in [0, 0.05) is 23.9 Å². The second-order valence-corrected chi connectivity index (χ2v) is 5.17. The van der Waals surface area contributed by atoms with Gasteiger partial charge < -0.3 is 10.1 Å². The Labute approximate surface area is 126 Å². The van der Waals surface area contributed by atoms with Gasteiger partial charge in [-0.15, -0.1) is 0 Å². The summed E-state index contributed by atoms with van der Waals surface area (Å²) in [5.41, 5.74) is 3.74. The van der Waals surface area contributed by atoms with E-state index >= 15 is 0 Å². The lowest BCUT2D eigenvalue weighted by Gasteiger charge is -2.19. The fourth-order valence-electron chi connectivity index (χ4n) is 2.19. The van der Waals surface area contributed by atoms with Gasteiger partial charge in [0.15, 0.2) is 0 Å². The smallest absolute Gasteiger partial charge is 0.126 e. The Hall–Kier alpha value is -1.87. The van der Waals surface area contributed by atoms with Gasteiger partial charge in [-0.05, 0) is 44.0 Å². The van der Waals surface area contributed by atoms with Gasteiger partial charge in [-0.25, -0.2) is 4.39 Å². The lowest BCUT2D eigenvalue weighted by atomic mass is 10.0. The molecule has 3 heteroatoms. The van der Waals surface area contributed by atoms with Gasteiger partial charge >= 0.3 is 0 Å². The third-order valence-electron chi connectivity index (χ3n) is 3.55. The molecule has 2 nitrogen and oxygen atoms in total. The number of hydrogen-bond acceptors (Lipinski definition) is 2. The number of hydrogen-bond donors (Lipinski definition) is 1. The van der Waals surface area contributed by atoms with Crippen LogP contribution in [0.15, 0.2) is 42.5 Å². The summed E-state index contributed by atoms with van der Waals surface area (Å²) < 4.78 is 19.2. The first kappa shape index (κ1) is 15.5. The van der Waals surface area contributed by atoms with E-state index in [1.165, 1.54) is 0 Å². The molecule has 2 aromatic carbocycles. The first-order valence-corrected chi connectivity index (χ1v) is 7.30. The van der Waals surface area contributed by atoms with Crippen LogP contribution in [-0.4, -0.2) is 6.61 Å². The topological polar surface area (TPSA) is 21.3 Å². The van der Waals surface area contributed by atoms with E-state index in [0.717, 1.165) is 16.8 Å². The standard InChI is InChI=1S/C18H22FNO/c1-4-21-12-16-7-5-6-8-18(16)20-14(3)15-10-9-13(2)17(19)11-15/h5-11,14,20H,4,12H2,1-3H3.